The van der Waals surface area contributed by atoms with Crippen LogP contribution in [0.2, 0.25) is 10.0 Å². The Morgan fingerprint density at radius 2 is 1.44 bits per heavy atom. The van der Waals surface area contributed by atoms with Gasteiger partial charge in [0.25, 0.3) is 10.0 Å². The Balaban J connectivity index is 1.81. The van der Waals surface area contributed by atoms with E-state index in [1.54, 1.807) is 74.5 Å². The van der Waals surface area contributed by atoms with Gasteiger partial charge in [0.2, 0.25) is 11.8 Å². The number of likely N-dealkylation sites (N-methyl/N-ethyl adjacent to an activating group) is 1. The summed E-state index contributed by atoms with van der Waals surface area (Å²) in [4.78, 5) is 29.4. The minimum atomic E-state index is -4.16. The van der Waals surface area contributed by atoms with Crippen molar-refractivity contribution in [2.24, 2.45) is 0 Å². The third-order valence-electron chi connectivity index (χ3n) is 6.95. The first kappa shape index (κ1) is 32.1. The molecule has 0 aliphatic heterocycles. The van der Waals surface area contributed by atoms with Gasteiger partial charge in [-0.15, -0.1) is 0 Å². The molecule has 1 N–H and O–H groups in total. The Kier molecular flexibility index (Phi) is 10.9. The molecule has 0 bridgehead atoms. The highest BCUT2D eigenvalue weighted by Crippen LogP contribution is 2.28. The summed E-state index contributed by atoms with van der Waals surface area (Å²) < 4.78 is 29.2. The Morgan fingerprint density at radius 1 is 0.814 bits per heavy atom. The van der Waals surface area contributed by atoms with Crippen molar-refractivity contribution >= 4 is 50.7 Å². The lowest BCUT2D eigenvalue weighted by Gasteiger charge is -2.34. The summed E-state index contributed by atoms with van der Waals surface area (Å²) in [7, 11) is -4.16. The van der Waals surface area contributed by atoms with Crippen LogP contribution in [0.1, 0.15) is 23.6 Å². The molecule has 0 fully saturated rings. The number of nitrogens with one attached hydrogen (secondary N) is 1. The molecule has 0 aromatic heterocycles. The molecule has 0 saturated heterocycles. The number of hydrogen-bond donors (Lipinski definition) is 1. The first-order valence-electron chi connectivity index (χ1n) is 13.8. The van der Waals surface area contributed by atoms with Crippen LogP contribution in [0.5, 0.6) is 0 Å². The van der Waals surface area contributed by atoms with Crippen LogP contribution >= 0.6 is 23.2 Å². The van der Waals surface area contributed by atoms with Crippen molar-refractivity contribution in [3.63, 3.8) is 0 Å². The van der Waals surface area contributed by atoms with Crippen LogP contribution in [-0.4, -0.2) is 44.3 Å². The molecule has 4 aromatic carbocycles. The molecule has 10 heteroatoms. The third kappa shape index (κ3) is 7.96. The number of anilines is 1. The van der Waals surface area contributed by atoms with E-state index in [1.165, 1.54) is 17.0 Å². The molecule has 1 atom stereocenters. The molecule has 4 rings (SSSR count). The fourth-order valence-corrected chi connectivity index (χ4v) is 6.58. The number of para-hydroxylation sites is 1. The normalized spacial score (nSPS) is 11.9. The maximum atomic E-state index is 14.4. The Morgan fingerprint density at radius 3 is 2.07 bits per heavy atom. The summed E-state index contributed by atoms with van der Waals surface area (Å²) in [5.41, 5.74) is 2.53. The second kappa shape index (κ2) is 14.6. The number of nitrogens with zero attached hydrogens (tertiary/aromatic N) is 2. The molecule has 0 unspecified atom stereocenters. The van der Waals surface area contributed by atoms with Crippen LogP contribution in [0, 0.1) is 6.92 Å². The van der Waals surface area contributed by atoms with E-state index in [1.807, 2.05) is 30.3 Å². The van der Waals surface area contributed by atoms with Crippen LogP contribution in [-0.2, 0) is 32.6 Å². The quantitative estimate of drug-likeness (QED) is 0.198. The monoisotopic (exact) mass is 637 g/mol. The fourth-order valence-electron chi connectivity index (χ4n) is 4.76. The molecule has 43 heavy (non-hydrogen) atoms. The minimum absolute atomic E-state index is 0.00263. The van der Waals surface area contributed by atoms with E-state index >= 15 is 0 Å². The number of amides is 2. The molecule has 0 spiro atoms. The molecule has 0 heterocycles. The standard InChI is InChI=1S/C33H33Cl2N3O4S/c1-3-36-33(40)31(21-25-13-6-4-7-14-25)37(22-26-18-19-28(34)29(35)20-26)32(39)23-38(30-17-11-10-12-24(30)2)43(41,42)27-15-8-5-9-16-27/h4-20,31H,3,21-23H2,1-2H3,(H,36,40)/t31-/m1/s1. The zero-order chi connectivity index (χ0) is 31.0. The summed E-state index contributed by atoms with van der Waals surface area (Å²) in [6.45, 7) is 3.41. The highest BCUT2D eigenvalue weighted by Gasteiger charge is 2.35. The zero-order valence-electron chi connectivity index (χ0n) is 23.9. The number of sulfonamides is 1. The van der Waals surface area contributed by atoms with Crippen LogP contribution in [0.25, 0.3) is 0 Å². The predicted molar refractivity (Wildman–Crippen MR) is 172 cm³/mol. The maximum Gasteiger partial charge on any atom is 0.264 e. The van der Waals surface area contributed by atoms with E-state index in [9.17, 15) is 18.0 Å². The van der Waals surface area contributed by atoms with Gasteiger partial charge in [-0.05, 0) is 60.9 Å². The van der Waals surface area contributed by atoms with E-state index in [2.05, 4.69) is 5.32 Å². The number of benzene rings is 4. The highest BCUT2D eigenvalue weighted by atomic mass is 35.5. The SMILES string of the molecule is CCNC(=O)[C@@H](Cc1ccccc1)N(Cc1ccc(Cl)c(Cl)c1)C(=O)CN(c1ccccc1C)S(=O)(=O)c1ccccc1. The van der Waals surface area contributed by atoms with E-state index in [4.69, 9.17) is 23.2 Å². The largest absolute Gasteiger partial charge is 0.355 e. The van der Waals surface area contributed by atoms with Gasteiger partial charge in [0, 0.05) is 19.5 Å². The van der Waals surface area contributed by atoms with Gasteiger partial charge in [0.15, 0.2) is 0 Å². The summed E-state index contributed by atoms with van der Waals surface area (Å²) in [5, 5.41) is 3.50. The lowest BCUT2D eigenvalue weighted by Crippen LogP contribution is -2.53. The molecule has 4 aromatic rings. The second-order valence-corrected chi connectivity index (χ2v) is 12.7. The molecule has 224 valence electrons. The van der Waals surface area contributed by atoms with E-state index in [0.29, 0.717) is 33.4 Å². The number of halogens is 2. The third-order valence-corrected chi connectivity index (χ3v) is 9.47. The van der Waals surface area contributed by atoms with E-state index in [-0.39, 0.29) is 23.8 Å². The molecular weight excluding hydrogens is 605 g/mol. The van der Waals surface area contributed by atoms with Gasteiger partial charge < -0.3 is 10.2 Å². The number of aryl methyl sites for hydroxylation is 1. The molecular formula is C33H33Cl2N3O4S. The van der Waals surface area contributed by atoms with Gasteiger partial charge in [-0.1, -0.05) is 96.0 Å². The highest BCUT2D eigenvalue weighted by molar-refractivity contribution is 7.92. The molecule has 0 aliphatic carbocycles. The molecule has 0 radical (unpaired) electrons. The topological polar surface area (TPSA) is 86.8 Å². The van der Waals surface area contributed by atoms with Crippen molar-refractivity contribution in [3.8, 4) is 0 Å². The van der Waals surface area contributed by atoms with Crippen molar-refractivity contribution in [2.45, 2.75) is 37.8 Å². The lowest BCUT2D eigenvalue weighted by molar-refractivity contribution is -0.140. The first-order chi connectivity index (χ1) is 20.6. The van der Waals surface area contributed by atoms with Crippen molar-refractivity contribution in [1.29, 1.82) is 0 Å². The molecule has 0 aliphatic rings. The van der Waals surface area contributed by atoms with Crippen LogP contribution in [0.15, 0.2) is 108 Å². The maximum absolute atomic E-state index is 14.4. The van der Waals surface area contributed by atoms with Gasteiger partial charge in [-0.25, -0.2) is 8.42 Å². The summed E-state index contributed by atoms with van der Waals surface area (Å²) in [5.74, 6) is -0.908. The second-order valence-electron chi connectivity index (χ2n) is 9.98. The average molecular weight is 639 g/mol. The van der Waals surface area contributed by atoms with Gasteiger partial charge in [-0.3, -0.25) is 13.9 Å². The Labute approximate surface area is 263 Å². The smallest absolute Gasteiger partial charge is 0.264 e. The Hall–Kier alpha value is -3.85. The minimum Gasteiger partial charge on any atom is -0.355 e. The summed E-state index contributed by atoms with van der Waals surface area (Å²) >= 11 is 12.5. The van der Waals surface area contributed by atoms with Crippen LogP contribution < -0.4 is 9.62 Å². The molecule has 0 saturated carbocycles. The Bertz CT molecular complexity index is 1670. The van der Waals surface area contributed by atoms with Gasteiger partial charge in [0.1, 0.15) is 12.6 Å². The van der Waals surface area contributed by atoms with Crippen molar-refractivity contribution in [3.05, 3.63) is 130 Å². The van der Waals surface area contributed by atoms with E-state index < -0.39 is 28.5 Å². The predicted octanol–water partition coefficient (Wildman–Crippen LogP) is 6.27. The van der Waals surface area contributed by atoms with E-state index in [0.717, 1.165) is 9.87 Å². The number of rotatable bonds is 12. The number of hydrogen-bond acceptors (Lipinski definition) is 4. The number of carbonyl (C=O) groups is 2. The summed E-state index contributed by atoms with van der Waals surface area (Å²) in [6, 6.07) is 28.4. The fraction of sp³-hybridized carbons (Fsp3) is 0.212. The van der Waals surface area contributed by atoms with Crippen molar-refractivity contribution < 1.29 is 18.0 Å². The van der Waals surface area contributed by atoms with Gasteiger partial charge in [0.05, 0.1) is 20.6 Å². The zero-order valence-corrected chi connectivity index (χ0v) is 26.2. The van der Waals surface area contributed by atoms with Crippen molar-refractivity contribution in [2.75, 3.05) is 17.4 Å². The first-order valence-corrected chi connectivity index (χ1v) is 16.0. The molecule has 7 nitrogen and oxygen atoms in total. The lowest BCUT2D eigenvalue weighted by atomic mass is 10.0. The van der Waals surface area contributed by atoms with Gasteiger partial charge >= 0.3 is 0 Å². The van der Waals surface area contributed by atoms with Crippen LogP contribution in [0.4, 0.5) is 5.69 Å². The average Bonchev–Trinajstić information content (AvgIpc) is 3.00. The molecule has 2 amide bonds. The van der Waals surface area contributed by atoms with Gasteiger partial charge in [-0.2, -0.15) is 0 Å². The van der Waals surface area contributed by atoms with Crippen LogP contribution in [0.3, 0.4) is 0 Å². The van der Waals surface area contributed by atoms with Crippen molar-refractivity contribution in [1.82, 2.24) is 10.2 Å². The number of carbonyl (C=O) groups excluding carboxylic acids is 2. The summed E-state index contributed by atoms with van der Waals surface area (Å²) in [6.07, 6.45) is 0.218.